The molecule has 35 heavy (non-hydrogen) atoms. The van der Waals surface area contributed by atoms with Crippen LogP contribution in [0.2, 0.25) is 0 Å². The Hall–Kier alpha value is -3.52. The van der Waals surface area contributed by atoms with E-state index in [2.05, 4.69) is 51.4 Å². The van der Waals surface area contributed by atoms with Gasteiger partial charge in [0.15, 0.2) is 5.82 Å². The number of nitrogens with one attached hydrogen (secondary N) is 1. The fourth-order valence-corrected chi connectivity index (χ4v) is 5.03. The molecule has 4 aromatic rings. The number of ether oxygens (including phenoxy) is 1. The van der Waals surface area contributed by atoms with Crippen molar-refractivity contribution in [1.82, 2.24) is 30.1 Å². The van der Waals surface area contributed by atoms with E-state index in [1.165, 1.54) is 18.4 Å². The molecule has 8 nitrogen and oxygen atoms in total. The third-order valence-corrected chi connectivity index (χ3v) is 7.28. The van der Waals surface area contributed by atoms with E-state index in [1.54, 1.807) is 7.11 Å². The topological polar surface area (TPSA) is 88.9 Å². The molecule has 0 saturated heterocycles. The highest BCUT2D eigenvalue weighted by molar-refractivity contribution is 5.83. The maximum absolute atomic E-state index is 13.1. The van der Waals surface area contributed by atoms with Gasteiger partial charge in [0, 0.05) is 18.2 Å². The largest absolute Gasteiger partial charge is 0.497 e. The number of hydrogen-bond donors (Lipinski definition) is 1. The van der Waals surface area contributed by atoms with Crippen LogP contribution in [-0.4, -0.2) is 43.2 Å². The van der Waals surface area contributed by atoms with Crippen molar-refractivity contribution in [3.63, 3.8) is 0 Å². The van der Waals surface area contributed by atoms with Crippen molar-refractivity contribution in [3.05, 3.63) is 80.9 Å². The van der Waals surface area contributed by atoms with E-state index in [-0.39, 0.29) is 5.56 Å². The SMILES string of the molecule is COc1ccc(Cn2nnnc2CN(Cc2cc3ccc(C)c(C)c3[nH]c2=O)C2CCCC2)cc1. The summed E-state index contributed by atoms with van der Waals surface area (Å²) in [6, 6.07) is 14.6. The molecule has 0 bridgehead atoms. The van der Waals surface area contributed by atoms with E-state index in [0.717, 1.165) is 52.0 Å². The smallest absolute Gasteiger partial charge is 0.252 e. The van der Waals surface area contributed by atoms with Gasteiger partial charge in [-0.15, -0.1) is 5.10 Å². The van der Waals surface area contributed by atoms with Gasteiger partial charge in [-0.05, 0) is 77.4 Å². The van der Waals surface area contributed by atoms with Crippen molar-refractivity contribution in [2.45, 2.75) is 65.2 Å². The summed E-state index contributed by atoms with van der Waals surface area (Å²) in [5.41, 5.74) is 5.08. The summed E-state index contributed by atoms with van der Waals surface area (Å²) in [4.78, 5) is 18.6. The van der Waals surface area contributed by atoms with Crippen molar-refractivity contribution in [2.24, 2.45) is 0 Å². The number of aryl methyl sites for hydroxylation is 2. The molecule has 2 heterocycles. The molecule has 0 radical (unpaired) electrons. The number of pyridine rings is 1. The van der Waals surface area contributed by atoms with Crippen LogP contribution in [0.15, 0.2) is 47.3 Å². The van der Waals surface area contributed by atoms with Crippen LogP contribution in [0, 0.1) is 13.8 Å². The number of hydrogen-bond acceptors (Lipinski definition) is 6. The van der Waals surface area contributed by atoms with Crippen molar-refractivity contribution in [2.75, 3.05) is 7.11 Å². The highest BCUT2D eigenvalue weighted by Crippen LogP contribution is 2.27. The Labute approximate surface area is 204 Å². The number of methoxy groups -OCH3 is 1. The molecule has 182 valence electrons. The second-order valence-corrected chi connectivity index (χ2v) is 9.54. The molecule has 8 heteroatoms. The van der Waals surface area contributed by atoms with E-state index in [0.29, 0.717) is 25.7 Å². The lowest BCUT2D eigenvalue weighted by atomic mass is 10.0. The van der Waals surface area contributed by atoms with Crippen LogP contribution in [0.5, 0.6) is 5.75 Å². The van der Waals surface area contributed by atoms with Gasteiger partial charge in [0.1, 0.15) is 5.75 Å². The van der Waals surface area contributed by atoms with E-state index in [1.807, 2.05) is 35.0 Å². The number of H-pyrrole nitrogens is 1. The van der Waals surface area contributed by atoms with Gasteiger partial charge in [-0.3, -0.25) is 9.69 Å². The van der Waals surface area contributed by atoms with Crippen molar-refractivity contribution < 1.29 is 4.74 Å². The molecule has 5 rings (SSSR count). The number of aromatic nitrogens is 5. The van der Waals surface area contributed by atoms with E-state index in [4.69, 9.17) is 4.74 Å². The number of rotatable bonds is 8. The van der Waals surface area contributed by atoms with Crippen LogP contribution in [0.3, 0.4) is 0 Å². The first-order valence-electron chi connectivity index (χ1n) is 12.3. The molecule has 2 aromatic carbocycles. The molecule has 0 atom stereocenters. The average Bonchev–Trinajstić information content (AvgIpc) is 3.55. The maximum Gasteiger partial charge on any atom is 0.252 e. The van der Waals surface area contributed by atoms with Gasteiger partial charge in [-0.1, -0.05) is 37.1 Å². The summed E-state index contributed by atoms with van der Waals surface area (Å²) in [5.74, 6) is 1.63. The molecular weight excluding hydrogens is 440 g/mol. The fraction of sp³-hybridized carbons (Fsp3) is 0.407. The predicted octanol–water partition coefficient (Wildman–Crippen LogP) is 4.13. The Morgan fingerprint density at radius 2 is 1.86 bits per heavy atom. The van der Waals surface area contributed by atoms with Crippen molar-refractivity contribution >= 4 is 10.9 Å². The van der Waals surface area contributed by atoms with Gasteiger partial charge in [-0.25, -0.2) is 4.68 Å². The minimum Gasteiger partial charge on any atom is -0.497 e. The Morgan fingerprint density at radius 3 is 2.60 bits per heavy atom. The van der Waals surface area contributed by atoms with Crippen LogP contribution in [0.1, 0.15) is 53.8 Å². The third kappa shape index (κ3) is 4.98. The molecule has 0 aliphatic heterocycles. The molecule has 1 aliphatic carbocycles. The highest BCUT2D eigenvalue weighted by atomic mass is 16.5. The molecular formula is C27H32N6O2. The van der Waals surface area contributed by atoms with Gasteiger partial charge in [-0.2, -0.15) is 0 Å². The van der Waals surface area contributed by atoms with Gasteiger partial charge in [0.2, 0.25) is 0 Å². The first-order chi connectivity index (χ1) is 17.0. The fourth-order valence-electron chi connectivity index (χ4n) is 5.03. The molecule has 0 spiro atoms. The van der Waals surface area contributed by atoms with Crippen LogP contribution in [0.4, 0.5) is 0 Å². The lowest BCUT2D eigenvalue weighted by Gasteiger charge is -2.28. The Kier molecular flexibility index (Phi) is 6.63. The zero-order chi connectivity index (χ0) is 24.4. The van der Waals surface area contributed by atoms with E-state index < -0.39 is 0 Å². The van der Waals surface area contributed by atoms with Crippen LogP contribution in [-0.2, 0) is 19.6 Å². The Balaban J connectivity index is 1.41. The second kappa shape index (κ2) is 10.00. The summed E-state index contributed by atoms with van der Waals surface area (Å²) >= 11 is 0. The van der Waals surface area contributed by atoms with Crippen molar-refractivity contribution in [3.8, 4) is 5.75 Å². The molecule has 0 unspecified atom stereocenters. The average molecular weight is 473 g/mol. The number of fused-ring (bicyclic) bond motifs is 1. The maximum atomic E-state index is 13.1. The van der Waals surface area contributed by atoms with E-state index >= 15 is 0 Å². The molecule has 1 fully saturated rings. The van der Waals surface area contributed by atoms with Gasteiger partial charge < -0.3 is 9.72 Å². The Bertz CT molecular complexity index is 1370. The van der Waals surface area contributed by atoms with Gasteiger partial charge in [0.25, 0.3) is 5.56 Å². The monoisotopic (exact) mass is 472 g/mol. The van der Waals surface area contributed by atoms with Crippen molar-refractivity contribution in [1.29, 1.82) is 0 Å². The van der Waals surface area contributed by atoms with Crippen LogP contribution >= 0.6 is 0 Å². The third-order valence-electron chi connectivity index (χ3n) is 7.28. The number of nitrogens with zero attached hydrogens (tertiary/aromatic N) is 5. The number of benzene rings is 2. The zero-order valence-corrected chi connectivity index (χ0v) is 20.6. The zero-order valence-electron chi connectivity index (χ0n) is 20.6. The van der Waals surface area contributed by atoms with E-state index in [9.17, 15) is 4.79 Å². The normalized spacial score (nSPS) is 14.3. The first kappa shape index (κ1) is 23.2. The molecule has 1 saturated carbocycles. The summed E-state index contributed by atoms with van der Waals surface area (Å²) in [5, 5.41) is 13.6. The highest BCUT2D eigenvalue weighted by Gasteiger charge is 2.25. The summed E-state index contributed by atoms with van der Waals surface area (Å²) < 4.78 is 7.11. The second-order valence-electron chi connectivity index (χ2n) is 9.54. The lowest BCUT2D eigenvalue weighted by molar-refractivity contribution is 0.172. The Morgan fingerprint density at radius 1 is 1.09 bits per heavy atom. The quantitative estimate of drug-likeness (QED) is 0.415. The molecule has 1 N–H and O–H groups in total. The van der Waals surface area contributed by atoms with Crippen LogP contribution < -0.4 is 10.3 Å². The van der Waals surface area contributed by atoms with Crippen LogP contribution in [0.25, 0.3) is 10.9 Å². The standard InChI is InChI=1S/C27H32N6O2/c1-18-8-11-21-14-22(27(34)28-26(21)19(18)2)16-32(23-6-4-5-7-23)17-25-29-30-31-33(25)15-20-9-12-24(35-3)13-10-20/h8-14,23H,4-7,15-17H2,1-3H3,(H,28,34). The minimum absolute atomic E-state index is 0.0213. The molecule has 1 aliphatic rings. The number of aromatic amines is 1. The summed E-state index contributed by atoms with van der Waals surface area (Å²) in [6.45, 7) is 5.87. The number of tetrazole rings is 1. The summed E-state index contributed by atoms with van der Waals surface area (Å²) in [7, 11) is 1.66. The molecule has 2 aromatic heterocycles. The van der Waals surface area contributed by atoms with Gasteiger partial charge in [0.05, 0.1) is 25.7 Å². The predicted molar refractivity (Wildman–Crippen MR) is 135 cm³/mol. The summed E-state index contributed by atoms with van der Waals surface area (Å²) in [6.07, 6.45) is 4.68. The van der Waals surface area contributed by atoms with Gasteiger partial charge >= 0.3 is 0 Å². The lowest BCUT2D eigenvalue weighted by Crippen LogP contribution is -2.35. The molecule has 0 amide bonds. The minimum atomic E-state index is -0.0213. The first-order valence-corrected chi connectivity index (χ1v) is 12.3.